The van der Waals surface area contributed by atoms with Crippen molar-refractivity contribution in [2.75, 3.05) is 0 Å². The van der Waals surface area contributed by atoms with Crippen molar-refractivity contribution in [2.24, 2.45) is 18.0 Å². The van der Waals surface area contributed by atoms with E-state index < -0.39 is 0 Å². The number of aryl methyl sites for hydroxylation is 1. The van der Waals surface area contributed by atoms with Crippen molar-refractivity contribution in [3.63, 3.8) is 0 Å². The van der Waals surface area contributed by atoms with Crippen molar-refractivity contribution in [2.45, 2.75) is 84.5 Å². The Kier molecular flexibility index (Phi) is 8.58. The van der Waals surface area contributed by atoms with Gasteiger partial charge in [0.15, 0.2) is 0 Å². The van der Waals surface area contributed by atoms with E-state index in [9.17, 15) is 0 Å². The molecule has 0 amide bonds. The summed E-state index contributed by atoms with van der Waals surface area (Å²) < 4.78 is 2.53. The minimum absolute atomic E-state index is 0.461. The zero-order valence-corrected chi connectivity index (χ0v) is 26.4. The van der Waals surface area contributed by atoms with Gasteiger partial charge >= 0.3 is 0 Å². The molecule has 2 aliphatic rings. The molecule has 2 aromatic carbocycles. The predicted octanol–water partition coefficient (Wildman–Crippen LogP) is 10.7. The van der Waals surface area contributed by atoms with Crippen LogP contribution in [0.2, 0.25) is 5.02 Å². The molecule has 2 aromatic heterocycles. The first-order valence-electron chi connectivity index (χ1n) is 15.9. The molecule has 1 aliphatic heterocycles. The number of H-pyrrole nitrogens is 1. The average Bonchev–Trinajstić information content (AvgIpc) is 3.50. The van der Waals surface area contributed by atoms with Crippen LogP contribution < -0.4 is 0 Å². The average molecular weight is 578 g/mol. The number of aliphatic imine (C=N–C) groups is 1. The number of aromatic amines is 1. The number of hydrogen-bond acceptors (Lipinski definition) is 1. The summed E-state index contributed by atoms with van der Waals surface area (Å²) in [6, 6.07) is 21.4. The lowest BCUT2D eigenvalue weighted by molar-refractivity contribution is 0.484. The summed E-state index contributed by atoms with van der Waals surface area (Å²) in [6.45, 7) is 6.95. The smallest absolute Gasteiger partial charge is 0.0708 e. The number of allylic oxidation sites excluding steroid dienone is 1. The summed E-state index contributed by atoms with van der Waals surface area (Å²) in [5, 5.41) is 0.767. The van der Waals surface area contributed by atoms with E-state index in [4.69, 9.17) is 16.6 Å². The normalized spacial score (nSPS) is 21.4. The third kappa shape index (κ3) is 5.69. The van der Waals surface area contributed by atoms with Crippen LogP contribution in [0.5, 0.6) is 0 Å². The van der Waals surface area contributed by atoms with Gasteiger partial charge in [-0.3, -0.25) is 4.99 Å². The van der Waals surface area contributed by atoms with E-state index in [-0.39, 0.29) is 0 Å². The minimum atomic E-state index is 0.461. The number of aromatic nitrogens is 2. The Morgan fingerprint density at radius 2 is 1.74 bits per heavy atom. The number of benzene rings is 2. The molecule has 3 nitrogen and oxygen atoms in total. The Morgan fingerprint density at radius 1 is 0.929 bits per heavy atom. The van der Waals surface area contributed by atoms with Crippen molar-refractivity contribution in [3.05, 3.63) is 99.3 Å². The van der Waals surface area contributed by atoms with Gasteiger partial charge in [0.1, 0.15) is 0 Å². The molecule has 0 bridgehead atoms. The van der Waals surface area contributed by atoms with Gasteiger partial charge in [-0.05, 0) is 116 Å². The molecule has 1 N–H and O–H groups in total. The molecule has 218 valence electrons. The van der Waals surface area contributed by atoms with Gasteiger partial charge in [-0.25, -0.2) is 0 Å². The quantitative estimate of drug-likeness (QED) is 0.250. The van der Waals surface area contributed by atoms with Gasteiger partial charge in [0.05, 0.1) is 11.4 Å². The van der Waals surface area contributed by atoms with Crippen LogP contribution in [-0.4, -0.2) is 15.8 Å². The largest absolute Gasteiger partial charge is 0.358 e. The van der Waals surface area contributed by atoms with Crippen molar-refractivity contribution in [1.82, 2.24) is 9.55 Å². The Labute approximate surface area is 256 Å². The van der Waals surface area contributed by atoms with Gasteiger partial charge in [-0.15, -0.1) is 0 Å². The molecule has 0 saturated heterocycles. The zero-order chi connectivity index (χ0) is 29.2. The first-order valence-corrected chi connectivity index (χ1v) is 16.3. The molecule has 0 spiro atoms. The van der Waals surface area contributed by atoms with Gasteiger partial charge < -0.3 is 9.55 Å². The fraction of sp³-hybridized carbons (Fsp3) is 0.395. The van der Waals surface area contributed by atoms with E-state index in [1.54, 1.807) is 11.3 Å². The van der Waals surface area contributed by atoms with E-state index in [1.807, 2.05) is 12.1 Å². The Morgan fingerprint density at radius 3 is 2.52 bits per heavy atom. The van der Waals surface area contributed by atoms with E-state index in [0.717, 1.165) is 48.4 Å². The van der Waals surface area contributed by atoms with Crippen molar-refractivity contribution in [3.8, 4) is 22.5 Å². The molecular weight excluding hydrogens is 534 g/mol. The molecule has 2 unspecified atom stereocenters. The molecule has 1 aliphatic carbocycles. The van der Waals surface area contributed by atoms with E-state index in [1.165, 1.54) is 65.0 Å². The number of nitrogens with one attached hydrogen (secondary N) is 1. The summed E-state index contributed by atoms with van der Waals surface area (Å²) in [5.74, 6) is 1.02. The SMILES string of the molecule is CCc1c(C)c(-c2ccccc2)n(C)c1C1CCCC/C(=C2/N=CC(C)CCc3[nH]c(-c4cccc(Cl)c4)cc32)CC1. The number of rotatable bonds is 4. The van der Waals surface area contributed by atoms with Crippen LogP contribution in [0.3, 0.4) is 0 Å². The lowest BCUT2D eigenvalue weighted by atomic mass is 9.83. The Hall–Kier alpha value is -3.30. The van der Waals surface area contributed by atoms with Crippen LogP contribution in [0.1, 0.15) is 92.8 Å². The summed E-state index contributed by atoms with van der Waals surface area (Å²) in [7, 11) is 2.30. The first kappa shape index (κ1) is 28.8. The standard InChI is InChI=1S/C38H44ClN3/c1-5-32-26(3)37(28-13-7-6-8-14-28)42(4)38(32)29-15-10-9-12-27(19-20-29)36-33-23-35(30-16-11-17-31(39)22-30)41-34(33)21-18-25(2)24-40-36/h6-8,11,13-14,16-17,22-25,29,41H,5,9-10,12,15,18-21H2,1-4H3/b36-27-,40-24?. The van der Waals surface area contributed by atoms with Crippen molar-refractivity contribution in [1.29, 1.82) is 0 Å². The maximum Gasteiger partial charge on any atom is 0.0708 e. The molecule has 4 heteroatoms. The van der Waals surface area contributed by atoms with Crippen LogP contribution in [-0.2, 0) is 19.9 Å². The highest BCUT2D eigenvalue weighted by Gasteiger charge is 2.27. The maximum atomic E-state index is 6.37. The highest BCUT2D eigenvalue weighted by Crippen LogP contribution is 2.42. The molecule has 2 atom stereocenters. The second kappa shape index (κ2) is 12.5. The lowest BCUT2D eigenvalue weighted by Gasteiger charge is -2.25. The van der Waals surface area contributed by atoms with Crippen molar-refractivity contribution < 1.29 is 0 Å². The van der Waals surface area contributed by atoms with E-state index in [0.29, 0.717) is 11.8 Å². The molecular formula is C38H44ClN3. The van der Waals surface area contributed by atoms with Gasteiger partial charge in [0, 0.05) is 40.9 Å². The fourth-order valence-corrected chi connectivity index (χ4v) is 7.65. The maximum absolute atomic E-state index is 6.37. The van der Waals surface area contributed by atoms with Gasteiger partial charge in [0.25, 0.3) is 0 Å². The second-order valence-electron chi connectivity index (χ2n) is 12.4. The number of hydrogen-bond donors (Lipinski definition) is 1. The minimum Gasteiger partial charge on any atom is -0.358 e. The van der Waals surface area contributed by atoms with Gasteiger partial charge in [-0.1, -0.05) is 74.3 Å². The third-order valence-corrected chi connectivity index (χ3v) is 9.84. The predicted molar refractivity (Wildman–Crippen MR) is 180 cm³/mol. The summed E-state index contributed by atoms with van der Waals surface area (Å²) >= 11 is 6.37. The van der Waals surface area contributed by atoms with Crippen LogP contribution in [0.25, 0.3) is 28.2 Å². The monoisotopic (exact) mass is 577 g/mol. The van der Waals surface area contributed by atoms with Gasteiger partial charge in [0.2, 0.25) is 0 Å². The Bertz CT molecular complexity index is 1620. The number of nitrogens with zero attached hydrogens (tertiary/aromatic N) is 2. The van der Waals surface area contributed by atoms with Crippen molar-refractivity contribution >= 4 is 23.5 Å². The summed E-state index contributed by atoms with van der Waals surface area (Å²) in [5.41, 5.74) is 14.9. The highest BCUT2D eigenvalue weighted by atomic mass is 35.5. The van der Waals surface area contributed by atoms with Crippen LogP contribution in [0, 0.1) is 12.8 Å². The summed E-state index contributed by atoms with van der Waals surface area (Å²) in [4.78, 5) is 9.01. The van der Waals surface area contributed by atoms with Crippen LogP contribution in [0.4, 0.5) is 0 Å². The molecule has 0 radical (unpaired) electrons. The number of fused-ring (bicyclic) bond motifs is 1. The van der Waals surface area contributed by atoms with E-state index >= 15 is 0 Å². The molecule has 42 heavy (non-hydrogen) atoms. The molecule has 4 aromatic rings. The summed E-state index contributed by atoms with van der Waals surface area (Å²) in [6.07, 6.45) is 12.5. The zero-order valence-electron chi connectivity index (χ0n) is 25.6. The lowest BCUT2D eigenvalue weighted by Crippen LogP contribution is -2.11. The Balaban J connectivity index is 1.38. The fourth-order valence-electron chi connectivity index (χ4n) is 7.46. The molecule has 3 heterocycles. The van der Waals surface area contributed by atoms with Crippen LogP contribution >= 0.6 is 11.6 Å². The van der Waals surface area contributed by atoms with E-state index in [2.05, 4.69) is 92.1 Å². The molecule has 1 saturated carbocycles. The number of halogens is 1. The van der Waals surface area contributed by atoms with Gasteiger partial charge in [-0.2, -0.15) is 0 Å². The molecule has 6 rings (SSSR count). The third-order valence-electron chi connectivity index (χ3n) is 9.61. The first-order chi connectivity index (χ1) is 20.4. The highest BCUT2D eigenvalue weighted by molar-refractivity contribution is 6.30. The molecule has 1 fully saturated rings. The second-order valence-corrected chi connectivity index (χ2v) is 12.9. The topological polar surface area (TPSA) is 33.1 Å². The van der Waals surface area contributed by atoms with Crippen LogP contribution in [0.15, 0.2) is 71.2 Å².